The smallest absolute Gasteiger partial charge is 0.269 e. The van der Waals surface area contributed by atoms with Gasteiger partial charge in [0.2, 0.25) is 0 Å². The van der Waals surface area contributed by atoms with Crippen LogP contribution in [0.2, 0.25) is 0 Å². The zero-order valence-electron chi connectivity index (χ0n) is 11.9. The molecule has 0 fully saturated rings. The molecule has 0 bridgehead atoms. The Morgan fingerprint density at radius 3 is 2.73 bits per heavy atom. The molecule has 0 saturated carbocycles. The summed E-state index contributed by atoms with van der Waals surface area (Å²) in [5.41, 5.74) is 2.27. The van der Waals surface area contributed by atoms with Crippen LogP contribution in [-0.4, -0.2) is 16.7 Å². The zero-order chi connectivity index (χ0) is 15.5. The number of ether oxygens (including phenoxy) is 1. The minimum atomic E-state index is -0.132. The van der Waals surface area contributed by atoms with E-state index in [4.69, 9.17) is 4.74 Å². The van der Waals surface area contributed by atoms with E-state index in [0.29, 0.717) is 10.2 Å². The summed E-state index contributed by atoms with van der Waals surface area (Å²) >= 11 is 3.33. The quantitative estimate of drug-likeness (QED) is 0.719. The molecule has 0 atom stereocenters. The van der Waals surface area contributed by atoms with Crippen LogP contribution in [0.15, 0.2) is 70.2 Å². The molecule has 2 heterocycles. The Balaban J connectivity index is 2.19. The summed E-state index contributed by atoms with van der Waals surface area (Å²) in [6.45, 7) is 0. The predicted molar refractivity (Wildman–Crippen MR) is 89.5 cm³/mol. The number of hydrogen-bond acceptors (Lipinski definition) is 3. The molecule has 0 saturated heterocycles. The van der Waals surface area contributed by atoms with E-state index in [-0.39, 0.29) is 5.56 Å². The third kappa shape index (κ3) is 2.80. The Bertz CT molecular complexity index is 860. The van der Waals surface area contributed by atoms with Gasteiger partial charge in [-0.1, -0.05) is 12.1 Å². The van der Waals surface area contributed by atoms with Gasteiger partial charge in [0, 0.05) is 24.0 Å². The molecular weight excluding hydrogens is 344 g/mol. The monoisotopic (exact) mass is 356 g/mol. The Morgan fingerprint density at radius 2 is 2.00 bits per heavy atom. The fourth-order valence-electron chi connectivity index (χ4n) is 2.17. The van der Waals surface area contributed by atoms with E-state index in [9.17, 15) is 4.79 Å². The summed E-state index contributed by atoms with van der Waals surface area (Å²) in [6.07, 6.45) is 3.51. The maximum Gasteiger partial charge on any atom is 0.269 e. The molecule has 0 aliphatic carbocycles. The highest BCUT2D eigenvalue weighted by atomic mass is 79.9. The van der Waals surface area contributed by atoms with Gasteiger partial charge < -0.3 is 4.74 Å². The summed E-state index contributed by atoms with van der Waals surface area (Å²) in [5, 5.41) is 0. The van der Waals surface area contributed by atoms with Crippen molar-refractivity contribution in [3.63, 3.8) is 0 Å². The number of nitrogens with zero attached hydrogens (tertiary/aromatic N) is 2. The molecule has 4 nitrogen and oxygen atoms in total. The van der Waals surface area contributed by atoms with Crippen LogP contribution < -0.4 is 10.3 Å². The average molecular weight is 357 g/mol. The molecule has 110 valence electrons. The first-order chi connectivity index (χ1) is 10.7. The van der Waals surface area contributed by atoms with Gasteiger partial charge in [-0.15, -0.1) is 0 Å². The summed E-state index contributed by atoms with van der Waals surface area (Å²) in [5.74, 6) is 0.698. The van der Waals surface area contributed by atoms with E-state index in [2.05, 4.69) is 20.9 Å². The summed E-state index contributed by atoms with van der Waals surface area (Å²) < 4.78 is 7.29. The number of rotatable bonds is 3. The van der Waals surface area contributed by atoms with Gasteiger partial charge in [0.05, 0.1) is 23.0 Å². The third-order valence-corrected chi connectivity index (χ3v) is 3.83. The van der Waals surface area contributed by atoms with Crippen LogP contribution in [-0.2, 0) is 0 Å². The van der Waals surface area contributed by atoms with E-state index in [1.165, 1.54) is 0 Å². The highest BCUT2D eigenvalue weighted by molar-refractivity contribution is 9.10. The van der Waals surface area contributed by atoms with Gasteiger partial charge >= 0.3 is 0 Å². The van der Waals surface area contributed by atoms with Crippen LogP contribution in [0.25, 0.3) is 16.9 Å². The van der Waals surface area contributed by atoms with Crippen LogP contribution in [0.4, 0.5) is 0 Å². The van der Waals surface area contributed by atoms with Crippen LogP contribution in [0.3, 0.4) is 0 Å². The van der Waals surface area contributed by atoms with Gasteiger partial charge in [0.15, 0.2) is 0 Å². The van der Waals surface area contributed by atoms with Crippen molar-refractivity contribution in [1.29, 1.82) is 0 Å². The molecule has 2 aromatic heterocycles. The van der Waals surface area contributed by atoms with Crippen molar-refractivity contribution < 1.29 is 4.74 Å². The minimum Gasteiger partial charge on any atom is -0.497 e. The van der Waals surface area contributed by atoms with Gasteiger partial charge in [-0.2, -0.15) is 0 Å². The maximum absolute atomic E-state index is 12.4. The SMILES string of the molecule is COc1cccc(-n2cc(-c3ccccn3)cc(Br)c2=O)c1. The van der Waals surface area contributed by atoms with E-state index >= 15 is 0 Å². The predicted octanol–water partition coefficient (Wildman–Crippen LogP) is 3.67. The van der Waals surface area contributed by atoms with Gasteiger partial charge in [-0.25, -0.2) is 0 Å². The molecule has 3 rings (SSSR count). The van der Waals surface area contributed by atoms with E-state index < -0.39 is 0 Å². The highest BCUT2D eigenvalue weighted by Gasteiger charge is 2.09. The molecule has 1 aromatic carbocycles. The normalized spacial score (nSPS) is 10.5. The summed E-state index contributed by atoms with van der Waals surface area (Å²) in [4.78, 5) is 16.7. The first kappa shape index (κ1) is 14.5. The van der Waals surface area contributed by atoms with Crippen LogP contribution in [0.1, 0.15) is 0 Å². The second kappa shape index (κ2) is 6.15. The third-order valence-electron chi connectivity index (χ3n) is 3.27. The molecule has 0 aliphatic heterocycles. The topological polar surface area (TPSA) is 44.1 Å². The van der Waals surface area contributed by atoms with Crippen molar-refractivity contribution in [2.24, 2.45) is 0 Å². The first-order valence-electron chi connectivity index (χ1n) is 6.67. The molecule has 22 heavy (non-hydrogen) atoms. The average Bonchev–Trinajstić information content (AvgIpc) is 2.58. The van der Waals surface area contributed by atoms with E-state index in [1.54, 1.807) is 30.1 Å². The first-order valence-corrected chi connectivity index (χ1v) is 7.46. The van der Waals surface area contributed by atoms with Crippen molar-refractivity contribution in [3.8, 4) is 22.7 Å². The van der Waals surface area contributed by atoms with Gasteiger partial charge in [0.25, 0.3) is 5.56 Å². The molecule has 0 radical (unpaired) electrons. The van der Waals surface area contributed by atoms with Crippen molar-refractivity contribution in [2.75, 3.05) is 7.11 Å². The molecular formula is C17H13BrN2O2. The van der Waals surface area contributed by atoms with Gasteiger partial charge in [-0.05, 0) is 46.3 Å². The fourth-order valence-corrected chi connectivity index (χ4v) is 2.61. The van der Waals surface area contributed by atoms with Gasteiger partial charge in [-0.3, -0.25) is 14.3 Å². The highest BCUT2D eigenvalue weighted by Crippen LogP contribution is 2.21. The van der Waals surface area contributed by atoms with E-state index in [0.717, 1.165) is 16.9 Å². The molecule has 0 aliphatic rings. The molecule has 3 aromatic rings. The Kier molecular flexibility index (Phi) is 4.06. The maximum atomic E-state index is 12.4. The molecule has 0 unspecified atom stereocenters. The van der Waals surface area contributed by atoms with Crippen LogP contribution >= 0.6 is 15.9 Å². The minimum absolute atomic E-state index is 0.132. The van der Waals surface area contributed by atoms with Crippen molar-refractivity contribution >= 4 is 15.9 Å². The second-order valence-corrected chi connectivity index (χ2v) is 5.52. The molecule has 0 spiro atoms. The standard InChI is InChI=1S/C17H13BrN2O2/c1-22-14-6-4-5-13(10-14)20-11-12(9-15(18)17(20)21)16-7-2-3-8-19-16/h2-11H,1H3. The lowest BCUT2D eigenvalue weighted by Gasteiger charge is -2.10. The number of methoxy groups -OCH3 is 1. The van der Waals surface area contributed by atoms with Crippen molar-refractivity contribution in [2.45, 2.75) is 0 Å². The van der Waals surface area contributed by atoms with Crippen LogP contribution in [0.5, 0.6) is 5.75 Å². The molecule has 5 heteroatoms. The number of benzene rings is 1. The van der Waals surface area contributed by atoms with E-state index in [1.807, 2.05) is 42.5 Å². The summed E-state index contributed by atoms with van der Waals surface area (Å²) in [6, 6.07) is 14.8. The largest absolute Gasteiger partial charge is 0.497 e. The van der Waals surface area contributed by atoms with Crippen molar-refractivity contribution in [3.05, 3.63) is 75.8 Å². The van der Waals surface area contributed by atoms with Crippen LogP contribution in [0, 0.1) is 0 Å². The second-order valence-electron chi connectivity index (χ2n) is 4.67. The van der Waals surface area contributed by atoms with Crippen molar-refractivity contribution in [1.82, 2.24) is 9.55 Å². The lowest BCUT2D eigenvalue weighted by molar-refractivity contribution is 0.414. The lowest BCUT2D eigenvalue weighted by atomic mass is 10.2. The Labute approximate surface area is 136 Å². The van der Waals surface area contributed by atoms with Gasteiger partial charge in [0.1, 0.15) is 5.75 Å². The summed E-state index contributed by atoms with van der Waals surface area (Å²) in [7, 11) is 1.60. The number of aromatic nitrogens is 2. The lowest BCUT2D eigenvalue weighted by Crippen LogP contribution is -2.18. The number of hydrogen-bond donors (Lipinski definition) is 0. The molecule has 0 N–H and O–H groups in total. The number of halogens is 1. The fraction of sp³-hybridized carbons (Fsp3) is 0.0588. The Morgan fingerprint density at radius 1 is 1.14 bits per heavy atom. The molecule has 0 amide bonds. The Hall–Kier alpha value is -2.40. The zero-order valence-corrected chi connectivity index (χ0v) is 13.4. The number of pyridine rings is 2.